The lowest BCUT2D eigenvalue weighted by Gasteiger charge is -2.25. The van der Waals surface area contributed by atoms with Gasteiger partial charge in [0, 0.05) is 0 Å². The lowest BCUT2D eigenvalue weighted by atomic mass is 10.0. The molecule has 1 amide bonds. The first-order valence-corrected chi connectivity index (χ1v) is 9.62. The molecule has 7 nitrogen and oxygen atoms in total. The molecule has 0 bridgehead atoms. The maximum Gasteiger partial charge on any atom is 0.265 e. The van der Waals surface area contributed by atoms with Crippen molar-refractivity contribution in [2.45, 2.75) is 24.3 Å². The van der Waals surface area contributed by atoms with Crippen molar-refractivity contribution in [1.29, 1.82) is 0 Å². The van der Waals surface area contributed by atoms with E-state index < -0.39 is 22.0 Å². The van der Waals surface area contributed by atoms with Crippen molar-refractivity contribution < 1.29 is 23.2 Å². The summed E-state index contributed by atoms with van der Waals surface area (Å²) in [6.45, 7) is 1.95. The van der Waals surface area contributed by atoms with E-state index in [1.54, 1.807) is 54.9 Å². The monoisotopic (exact) mass is 386 g/mol. The lowest BCUT2D eigenvalue weighted by molar-refractivity contribution is -0.129. The van der Waals surface area contributed by atoms with E-state index in [-0.39, 0.29) is 17.9 Å². The van der Waals surface area contributed by atoms with Crippen LogP contribution in [0.25, 0.3) is 0 Å². The summed E-state index contributed by atoms with van der Waals surface area (Å²) in [5.74, 6) is 5.39. The molecule has 1 aliphatic rings. The van der Waals surface area contributed by atoms with Gasteiger partial charge >= 0.3 is 0 Å². The first kappa shape index (κ1) is 18.8. The standard InChI is InChI=1S/C19H18N2O5S/c1-2-3-12-26-15-10-8-14(9-11-15)21-17(13-19(22)20-23)16-6-4-5-7-18(16)27(21,24)25/h4-11,17,23H,12-13H2,1H3,(H,20,22)/t17-/m0/s1. The zero-order valence-corrected chi connectivity index (χ0v) is 15.4. The summed E-state index contributed by atoms with van der Waals surface area (Å²) < 4.78 is 32.7. The predicted molar refractivity (Wildman–Crippen MR) is 98.8 cm³/mol. The van der Waals surface area contributed by atoms with E-state index in [0.717, 1.165) is 0 Å². The first-order valence-electron chi connectivity index (χ1n) is 8.18. The van der Waals surface area contributed by atoms with E-state index in [0.29, 0.717) is 17.0 Å². The summed E-state index contributed by atoms with van der Waals surface area (Å²) in [6.07, 6.45) is -0.211. The number of ether oxygens (including phenoxy) is 1. The molecule has 0 aliphatic carbocycles. The van der Waals surface area contributed by atoms with Crippen molar-refractivity contribution in [2.75, 3.05) is 10.9 Å². The minimum atomic E-state index is -3.83. The summed E-state index contributed by atoms with van der Waals surface area (Å²) in [6, 6.07) is 12.3. The highest BCUT2D eigenvalue weighted by molar-refractivity contribution is 7.93. The van der Waals surface area contributed by atoms with Gasteiger partial charge in [0.25, 0.3) is 10.0 Å². The van der Waals surface area contributed by atoms with Gasteiger partial charge in [-0.1, -0.05) is 24.1 Å². The molecule has 1 heterocycles. The number of carbonyl (C=O) groups excluding carboxylic acids is 1. The quantitative estimate of drug-likeness (QED) is 0.467. The molecule has 2 aromatic carbocycles. The Kier molecular flexibility index (Phi) is 5.35. The van der Waals surface area contributed by atoms with Crippen LogP contribution in [0.4, 0.5) is 5.69 Å². The number of hydroxylamine groups is 1. The van der Waals surface area contributed by atoms with E-state index in [2.05, 4.69) is 11.8 Å². The van der Waals surface area contributed by atoms with Crippen molar-refractivity contribution in [3.63, 3.8) is 0 Å². The fourth-order valence-corrected chi connectivity index (χ4v) is 4.89. The molecule has 1 aliphatic heterocycles. The van der Waals surface area contributed by atoms with Crippen LogP contribution in [0.1, 0.15) is 24.9 Å². The summed E-state index contributed by atoms with van der Waals surface area (Å²) in [5.41, 5.74) is 2.48. The predicted octanol–water partition coefficient (Wildman–Crippen LogP) is 2.23. The van der Waals surface area contributed by atoms with Gasteiger partial charge in [-0.25, -0.2) is 13.9 Å². The Morgan fingerprint density at radius 2 is 1.93 bits per heavy atom. The SMILES string of the molecule is CC#CCOc1ccc(N2[C@@H](CC(=O)NO)c3ccccc3S2(=O)=O)cc1. The second-order valence-electron chi connectivity index (χ2n) is 5.80. The number of nitrogens with one attached hydrogen (secondary N) is 1. The number of benzene rings is 2. The maximum absolute atomic E-state index is 13.0. The molecule has 0 saturated heterocycles. The van der Waals surface area contributed by atoms with Gasteiger partial charge < -0.3 is 4.74 Å². The third-order valence-electron chi connectivity index (χ3n) is 4.18. The van der Waals surface area contributed by atoms with E-state index in [1.807, 2.05) is 0 Å². The van der Waals surface area contributed by atoms with E-state index in [9.17, 15) is 13.2 Å². The molecule has 3 rings (SSSR count). The fourth-order valence-electron chi connectivity index (χ4n) is 3.00. The topological polar surface area (TPSA) is 95.9 Å². The number of anilines is 1. The fraction of sp³-hybridized carbons (Fsp3) is 0.211. The van der Waals surface area contributed by atoms with Gasteiger partial charge in [0.15, 0.2) is 0 Å². The average molecular weight is 386 g/mol. The first-order chi connectivity index (χ1) is 13.0. The highest BCUT2D eigenvalue weighted by Gasteiger charge is 2.43. The van der Waals surface area contributed by atoms with Gasteiger partial charge in [0.1, 0.15) is 12.4 Å². The molecule has 2 N–H and O–H groups in total. The van der Waals surface area contributed by atoms with Crippen LogP contribution in [0.2, 0.25) is 0 Å². The molecule has 2 aromatic rings. The minimum absolute atomic E-state index is 0.152. The van der Waals surface area contributed by atoms with Gasteiger partial charge in [-0.3, -0.25) is 14.3 Å². The smallest absolute Gasteiger partial charge is 0.265 e. The van der Waals surface area contributed by atoms with Gasteiger partial charge in [-0.15, -0.1) is 5.92 Å². The number of sulfonamides is 1. The van der Waals surface area contributed by atoms with Gasteiger partial charge in [0.2, 0.25) is 5.91 Å². The lowest BCUT2D eigenvalue weighted by Crippen LogP contribution is -2.32. The number of rotatable bonds is 5. The molecule has 0 spiro atoms. The Morgan fingerprint density at radius 3 is 2.59 bits per heavy atom. The largest absolute Gasteiger partial charge is 0.481 e. The summed E-state index contributed by atoms with van der Waals surface area (Å²) in [7, 11) is -3.83. The summed E-state index contributed by atoms with van der Waals surface area (Å²) in [4.78, 5) is 11.9. The van der Waals surface area contributed by atoms with E-state index in [4.69, 9.17) is 9.94 Å². The molecule has 8 heteroatoms. The summed E-state index contributed by atoms with van der Waals surface area (Å²) in [5, 5.41) is 8.87. The van der Waals surface area contributed by atoms with Crippen molar-refractivity contribution in [2.24, 2.45) is 0 Å². The number of hydrogen-bond acceptors (Lipinski definition) is 5. The molecule has 1 atom stereocenters. The average Bonchev–Trinajstić information content (AvgIpc) is 2.90. The molecule has 140 valence electrons. The highest BCUT2D eigenvalue weighted by atomic mass is 32.2. The number of carbonyl (C=O) groups is 1. The van der Waals surface area contributed by atoms with Gasteiger partial charge in [0.05, 0.1) is 23.0 Å². The Labute approximate surface area is 157 Å². The zero-order valence-electron chi connectivity index (χ0n) is 14.5. The molecule has 0 fully saturated rings. The Balaban J connectivity index is 1.98. The Bertz CT molecular complexity index is 1010. The second-order valence-corrected chi connectivity index (χ2v) is 7.59. The third kappa shape index (κ3) is 3.60. The van der Waals surface area contributed by atoms with Crippen molar-refractivity contribution in [1.82, 2.24) is 5.48 Å². The zero-order chi connectivity index (χ0) is 19.4. The van der Waals surface area contributed by atoms with Crippen LogP contribution < -0.4 is 14.5 Å². The van der Waals surface area contributed by atoms with Crippen LogP contribution in [0.15, 0.2) is 53.4 Å². The van der Waals surface area contributed by atoms with Crippen LogP contribution in [-0.2, 0) is 14.8 Å². The van der Waals surface area contributed by atoms with Crippen LogP contribution in [0.3, 0.4) is 0 Å². The Morgan fingerprint density at radius 1 is 1.22 bits per heavy atom. The van der Waals surface area contributed by atoms with Gasteiger partial charge in [-0.2, -0.15) is 0 Å². The third-order valence-corrected chi connectivity index (χ3v) is 6.09. The molecular formula is C19H18N2O5S. The van der Waals surface area contributed by atoms with Crippen molar-refractivity contribution >= 4 is 21.6 Å². The molecule has 0 aromatic heterocycles. The van der Waals surface area contributed by atoms with Crippen LogP contribution in [-0.4, -0.2) is 26.1 Å². The number of hydrogen-bond donors (Lipinski definition) is 2. The maximum atomic E-state index is 13.0. The second kappa shape index (κ2) is 7.70. The molecule has 0 radical (unpaired) electrons. The molecular weight excluding hydrogens is 368 g/mol. The summed E-state index contributed by atoms with van der Waals surface area (Å²) >= 11 is 0. The van der Waals surface area contributed by atoms with E-state index >= 15 is 0 Å². The Hall–Kier alpha value is -3.02. The van der Waals surface area contributed by atoms with Crippen LogP contribution >= 0.6 is 0 Å². The van der Waals surface area contributed by atoms with Crippen LogP contribution in [0, 0.1) is 11.8 Å². The minimum Gasteiger partial charge on any atom is -0.481 e. The molecule has 0 saturated carbocycles. The molecule has 0 unspecified atom stereocenters. The molecule has 27 heavy (non-hydrogen) atoms. The van der Waals surface area contributed by atoms with Crippen molar-refractivity contribution in [3.8, 4) is 17.6 Å². The van der Waals surface area contributed by atoms with Crippen molar-refractivity contribution in [3.05, 3.63) is 54.1 Å². The number of amides is 1. The highest BCUT2D eigenvalue weighted by Crippen LogP contribution is 2.44. The van der Waals surface area contributed by atoms with E-state index in [1.165, 1.54) is 10.4 Å². The van der Waals surface area contributed by atoms with Gasteiger partial charge in [-0.05, 0) is 42.8 Å². The number of fused-ring (bicyclic) bond motifs is 1. The number of nitrogens with zero attached hydrogens (tertiary/aromatic N) is 1. The normalized spacial score (nSPS) is 16.8. The van der Waals surface area contributed by atoms with Crippen LogP contribution in [0.5, 0.6) is 5.75 Å².